The molecule has 2 unspecified atom stereocenters. The lowest BCUT2D eigenvalue weighted by molar-refractivity contribution is -0.0579. The van der Waals surface area contributed by atoms with Crippen LogP contribution in [0.2, 0.25) is 0 Å². The SMILES string of the molecule is CCCn1ccnc1C(NN)C1CN(C(C)C)CCO1. The van der Waals surface area contributed by atoms with E-state index < -0.39 is 0 Å². The smallest absolute Gasteiger partial charge is 0.129 e. The monoisotopic (exact) mass is 281 g/mol. The molecule has 0 bridgehead atoms. The molecule has 0 amide bonds. The van der Waals surface area contributed by atoms with Crippen molar-refractivity contribution in [3.05, 3.63) is 18.2 Å². The van der Waals surface area contributed by atoms with Crippen LogP contribution < -0.4 is 11.3 Å². The van der Waals surface area contributed by atoms with E-state index in [9.17, 15) is 0 Å². The molecule has 2 heterocycles. The number of nitrogens with two attached hydrogens (primary N) is 1. The third-order valence-electron chi connectivity index (χ3n) is 3.90. The number of aryl methyl sites for hydroxylation is 1. The lowest BCUT2D eigenvalue weighted by Gasteiger charge is -2.38. The summed E-state index contributed by atoms with van der Waals surface area (Å²) in [7, 11) is 0. The highest BCUT2D eigenvalue weighted by atomic mass is 16.5. The molecule has 0 aromatic carbocycles. The minimum absolute atomic E-state index is 0.0363. The fourth-order valence-corrected chi connectivity index (χ4v) is 2.74. The molecule has 1 saturated heterocycles. The Labute approximate surface area is 121 Å². The summed E-state index contributed by atoms with van der Waals surface area (Å²) in [5.74, 6) is 6.74. The Morgan fingerprint density at radius 3 is 3.00 bits per heavy atom. The van der Waals surface area contributed by atoms with E-state index in [1.54, 1.807) is 0 Å². The number of ether oxygens (including phenoxy) is 1. The van der Waals surface area contributed by atoms with Gasteiger partial charge in [-0.15, -0.1) is 0 Å². The zero-order chi connectivity index (χ0) is 14.5. The molecule has 114 valence electrons. The maximum atomic E-state index is 5.93. The first-order valence-electron chi connectivity index (χ1n) is 7.50. The number of nitrogens with zero attached hydrogens (tertiary/aromatic N) is 3. The van der Waals surface area contributed by atoms with Crippen LogP contribution in [0.25, 0.3) is 0 Å². The molecule has 0 radical (unpaired) electrons. The topological polar surface area (TPSA) is 68.3 Å². The zero-order valence-corrected chi connectivity index (χ0v) is 12.7. The maximum Gasteiger partial charge on any atom is 0.129 e. The van der Waals surface area contributed by atoms with Gasteiger partial charge in [0, 0.05) is 38.1 Å². The van der Waals surface area contributed by atoms with Crippen LogP contribution in [-0.2, 0) is 11.3 Å². The van der Waals surface area contributed by atoms with Gasteiger partial charge in [0.15, 0.2) is 0 Å². The molecule has 0 aliphatic carbocycles. The summed E-state index contributed by atoms with van der Waals surface area (Å²) in [6.45, 7) is 10.1. The summed E-state index contributed by atoms with van der Waals surface area (Å²) < 4.78 is 8.09. The molecule has 1 fully saturated rings. The number of hydrogen-bond donors (Lipinski definition) is 2. The standard InChI is InChI=1S/C14H27N5O/c1-4-6-18-7-5-16-14(18)13(17-15)12-10-19(11(2)3)8-9-20-12/h5,7,11-13,17H,4,6,8-10,15H2,1-3H3. The van der Waals surface area contributed by atoms with Gasteiger partial charge < -0.3 is 9.30 Å². The molecule has 1 aliphatic heterocycles. The minimum atomic E-state index is -0.0712. The van der Waals surface area contributed by atoms with Gasteiger partial charge in [-0.05, 0) is 20.3 Å². The second-order valence-corrected chi connectivity index (χ2v) is 5.62. The summed E-state index contributed by atoms with van der Waals surface area (Å²) in [5.41, 5.74) is 2.90. The average Bonchev–Trinajstić information content (AvgIpc) is 2.89. The normalized spacial score (nSPS) is 22.4. The van der Waals surface area contributed by atoms with Crippen molar-refractivity contribution in [3.8, 4) is 0 Å². The van der Waals surface area contributed by atoms with Crippen molar-refractivity contribution >= 4 is 0 Å². The minimum Gasteiger partial charge on any atom is -0.373 e. The van der Waals surface area contributed by atoms with E-state index in [2.05, 4.69) is 40.6 Å². The van der Waals surface area contributed by atoms with Gasteiger partial charge in [0.2, 0.25) is 0 Å². The summed E-state index contributed by atoms with van der Waals surface area (Å²) in [5, 5.41) is 0. The quantitative estimate of drug-likeness (QED) is 0.599. The maximum absolute atomic E-state index is 5.93. The van der Waals surface area contributed by atoms with Crippen LogP contribution in [0, 0.1) is 0 Å². The van der Waals surface area contributed by atoms with Crippen LogP contribution in [-0.4, -0.2) is 46.3 Å². The van der Waals surface area contributed by atoms with Gasteiger partial charge in [0.1, 0.15) is 11.9 Å². The first kappa shape index (κ1) is 15.4. The van der Waals surface area contributed by atoms with Crippen LogP contribution in [0.5, 0.6) is 0 Å². The van der Waals surface area contributed by atoms with Crippen LogP contribution in [0.1, 0.15) is 39.1 Å². The molecule has 3 N–H and O–H groups in total. The number of imidazole rings is 1. The Morgan fingerprint density at radius 2 is 2.35 bits per heavy atom. The van der Waals surface area contributed by atoms with Crippen molar-refractivity contribution in [3.63, 3.8) is 0 Å². The summed E-state index contributed by atoms with van der Waals surface area (Å²) in [6, 6.07) is 0.452. The van der Waals surface area contributed by atoms with Crippen LogP contribution in [0.15, 0.2) is 12.4 Å². The number of rotatable bonds is 6. The Bertz CT molecular complexity index is 406. The number of hydrogen-bond acceptors (Lipinski definition) is 5. The molecule has 0 spiro atoms. The number of nitrogens with one attached hydrogen (secondary N) is 1. The highest BCUT2D eigenvalue weighted by molar-refractivity contribution is 5.03. The summed E-state index contributed by atoms with van der Waals surface area (Å²) >= 11 is 0. The van der Waals surface area contributed by atoms with E-state index >= 15 is 0 Å². The van der Waals surface area contributed by atoms with E-state index in [1.165, 1.54) is 0 Å². The van der Waals surface area contributed by atoms with E-state index in [0.717, 1.165) is 38.5 Å². The highest BCUT2D eigenvalue weighted by Gasteiger charge is 2.31. The lowest BCUT2D eigenvalue weighted by Crippen LogP contribution is -2.52. The Hall–Kier alpha value is -0.950. The molecule has 0 saturated carbocycles. The van der Waals surface area contributed by atoms with Crippen molar-refractivity contribution < 1.29 is 4.74 Å². The fourth-order valence-electron chi connectivity index (χ4n) is 2.74. The fraction of sp³-hybridized carbons (Fsp3) is 0.786. The predicted octanol–water partition coefficient (Wildman–Crippen LogP) is 0.907. The van der Waals surface area contributed by atoms with Crippen molar-refractivity contribution in [2.45, 2.75) is 51.9 Å². The van der Waals surface area contributed by atoms with Gasteiger partial charge in [-0.2, -0.15) is 0 Å². The van der Waals surface area contributed by atoms with Gasteiger partial charge >= 0.3 is 0 Å². The van der Waals surface area contributed by atoms with Gasteiger partial charge in [0.05, 0.1) is 12.7 Å². The van der Waals surface area contributed by atoms with E-state index in [0.29, 0.717) is 6.04 Å². The molecule has 1 aromatic rings. The summed E-state index contributed by atoms with van der Waals surface area (Å²) in [6.07, 6.45) is 4.95. The third kappa shape index (κ3) is 3.38. The average molecular weight is 281 g/mol. The van der Waals surface area contributed by atoms with Gasteiger partial charge in [0.25, 0.3) is 0 Å². The lowest BCUT2D eigenvalue weighted by atomic mass is 10.1. The van der Waals surface area contributed by atoms with Gasteiger partial charge in [-0.3, -0.25) is 10.7 Å². The van der Waals surface area contributed by atoms with E-state index in [-0.39, 0.29) is 12.1 Å². The summed E-state index contributed by atoms with van der Waals surface area (Å²) in [4.78, 5) is 6.90. The van der Waals surface area contributed by atoms with E-state index in [1.807, 2.05) is 12.4 Å². The largest absolute Gasteiger partial charge is 0.373 e. The molecular weight excluding hydrogens is 254 g/mol. The number of morpholine rings is 1. The van der Waals surface area contributed by atoms with Crippen molar-refractivity contribution in [2.24, 2.45) is 5.84 Å². The van der Waals surface area contributed by atoms with Gasteiger partial charge in [-0.1, -0.05) is 6.92 Å². The Kier molecular flexibility index (Phi) is 5.54. The molecule has 2 atom stereocenters. The Morgan fingerprint density at radius 1 is 1.55 bits per heavy atom. The molecule has 6 nitrogen and oxygen atoms in total. The molecule has 1 aliphatic rings. The third-order valence-corrected chi connectivity index (χ3v) is 3.90. The number of hydrazine groups is 1. The second kappa shape index (κ2) is 7.17. The van der Waals surface area contributed by atoms with Crippen LogP contribution in [0.3, 0.4) is 0 Å². The van der Waals surface area contributed by atoms with Gasteiger partial charge in [-0.25, -0.2) is 10.4 Å². The molecular formula is C14H27N5O. The predicted molar refractivity (Wildman–Crippen MR) is 79.0 cm³/mol. The highest BCUT2D eigenvalue weighted by Crippen LogP contribution is 2.22. The van der Waals surface area contributed by atoms with Crippen LogP contribution in [0.4, 0.5) is 0 Å². The van der Waals surface area contributed by atoms with Crippen LogP contribution >= 0.6 is 0 Å². The first-order chi connectivity index (χ1) is 9.67. The Balaban J connectivity index is 2.12. The van der Waals surface area contributed by atoms with E-state index in [4.69, 9.17) is 10.6 Å². The molecule has 6 heteroatoms. The first-order valence-corrected chi connectivity index (χ1v) is 7.50. The van der Waals surface area contributed by atoms with Crippen molar-refractivity contribution in [2.75, 3.05) is 19.7 Å². The number of aromatic nitrogens is 2. The van der Waals surface area contributed by atoms with Crippen molar-refractivity contribution in [1.29, 1.82) is 0 Å². The molecule has 2 rings (SSSR count). The molecule has 1 aromatic heterocycles. The molecule has 20 heavy (non-hydrogen) atoms. The second-order valence-electron chi connectivity index (χ2n) is 5.62. The van der Waals surface area contributed by atoms with Crippen molar-refractivity contribution in [1.82, 2.24) is 19.9 Å². The zero-order valence-electron chi connectivity index (χ0n) is 12.7.